The van der Waals surface area contributed by atoms with E-state index in [9.17, 15) is 4.79 Å². The predicted octanol–water partition coefficient (Wildman–Crippen LogP) is 3.23. The summed E-state index contributed by atoms with van der Waals surface area (Å²) >= 11 is 0. The summed E-state index contributed by atoms with van der Waals surface area (Å²) in [6, 6.07) is 22.6. The molecular weight excluding hydrogens is 462 g/mol. The molecule has 1 aliphatic rings. The first-order valence-electron chi connectivity index (χ1n) is 12.8. The summed E-state index contributed by atoms with van der Waals surface area (Å²) < 4.78 is 0. The van der Waals surface area contributed by atoms with E-state index in [0.717, 1.165) is 67.2 Å². The van der Waals surface area contributed by atoms with Gasteiger partial charge in [0.25, 0.3) is 5.91 Å². The highest BCUT2D eigenvalue weighted by Crippen LogP contribution is 2.28. The molecule has 190 valence electrons. The van der Waals surface area contributed by atoms with Crippen LogP contribution in [0.25, 0.3) is 10.8 Å². The van der Waals surface area contributed by atoms with Crippen molar-refractivity contribution in [3.63, 3.8) is 0 Å². The zero-order chi connectivity index (χ0) is 25.6. The molecule has 0 aliphatic carbocycles. The molecule has 0 radical (unpaired) electrons. The number of benzene rings is 2. The first kappa shape index (κ1) is 24.6. The second-order valence-corrected chi connectivity index (χ2v) is 9.62. The lowest BCUT2D eigenvalue weighted by atomic mass is 10.0. The van der Waals surface area contributed by atoms with Crippen molar-refractivity contribution in [1.29, 1.82) is 0 Å². The fourth-order valence-corrected chi connectivity index (χ4v) is 4.65. The Morgan fingerprint density at radius 2 is 1.57 bits per heavy atom. The third-order valence-electron chi connectivity index (χ3n) is 6.72. The minimum Gasteiger partial charge on any atom is -0.353 e. The molecule has 0 spiro atoms. The van der Waals surface area contributed by atoms with Gasteiger partial charge >= 0.3 is 0 Å². The fraction of sp³-hybridized carbons (Fsp3) is 0.310. The summed E-state index contributed by atoms with van der Waals surface area (Å²) in [5, 5.41) is 14.6. The van der Waals surface area contributed by atoms with Crippen LogP contribution in [0.15, 0.2) is 72.9 Å². The average molecular weight is 496 g/mol. The number of fused-ring (bicyclic) bond motifs is 1. The summed E-state index contributed by atoms with van der Waals surface area (Å²) in [4.78, 5) is 23.5. The van der Waals surface area contributed by atoms with Gasteiger partial charge in [0.2, 0.25) is 0 Å². The summed E-state index contributed by atoms with van der Waals surface area (Å²) in [5.74, 6) is 1.73. The van der Waals surface area contributed by atoms with Gasteiger partial charge in [0.05, 0.1) is 11.3 Å². The highest BCUT2D eigenvalue weighted by Gasteiger charge is 2.22. The molecule has 37 heavy (non-hydrogen) atoms. The van der Waals surface area contributed by atoms with Crippen molar-refractivity contribution in [2.45, 2.75) is 6.42 Å². The molecule has 0 saturated carbocycles. The smallest absolute Gasteiger partial charge is 0.252 e. The maximum Gasteiger partial charge on any atom is 0.252 e. The van der Waals surface area contributed by atoms with Gasteiger partial charge in [-0.25, -0.2) is 4.98 Å². The minimum atomic E-state index is -0.0908. The van der Waals surface area contributed by atoms with E-state index in [1.807, 2.05) is 37.2 Å². The Kier molecular flexibility index (Phi) is 7.56. The monoisotopic (exact) mass is 495 g/mol. The molecule has 8 nitrogen and oxygen atoms in total. The van der Waals surface area contributed by atoms with Gasteiger partial charge in [-0.05, 0) is 31.8 Å². The molecule has 8 heteroatoms. The Morgan fingerprint density at radius 3 is 2.27 bits per heavy atom. The lowest BCUT2D eigenvalue weighted by Gasteiger charge is -2.36. The van der Waals surface area contributed by atoms with E-state index >= 15 is 0 Å². The van der Waals surface area contributed by atoms with Crippen molar-refractivity contribution in [3.05, 3.63) is 89.7 Å². The summed E-state index contributed by atoms with van der Waals surface area (Å²) in [5.41, 5.74) is 2.81. The Morgan fingerprint density at radius 1 is 0.865 bits per heavy atom. The lowest BCUT2D eigenvalue weighted by molar-refractivity contribution is 0.0950. The van der Waals surface area contributed by atoms with Gasteiger partial charge in [-0.1, -0.05) is 54.6 Å². The zero-order valence-electron chi connectivity index (χ0n) is 21.5. The zero-order valence-corrected chi connectivity index (χ0v) is 21.5. The second-order valence-electron chi connectivity index (χ2n) is 9.62. The Labute approximate surface area is 217 Å². The van der Waals surface area contributed by atoms with Crippen molar-refractivity contribution >= 4 is 28.3 Å². The molecule has 3 heterocycles. The number of carbonyl (C=O) groups is 1. The molecule has 0 bridgehead atoms. The number of piperazine rings is 1. The molecule has 1 fully saturated rings. The maximum absolute atomic E-state index is 12.3. The van der Waals surface area contributed by atoms with E-state index in [1.54, 1.807) is 6.20 Å². The topological polar surface area (TPSA) is 77.5 Å². The van der Waals surface area contributed by atoms with Crippen molar-refractivity contribution in [3.8, 4) is 0 Å². The number of aromatic nitrogens is 3. The van der Waals surface area contributed by atoms with Crippen LogP contribution < -0.4 is 15.1 Å². The number of amides is 1. The first-order valence-corrected chi connectivity index (χ1v) is 12.8. The number of nitrogens with one attached hydrogen (secondary N) is 1. The Balaban J connectivity index is 1.24. The standard InChI is InChI=1S/C29H33N7O/c1-34(2)15-14-30-29(37)23-12-13-27(31-21-23)35-16-18-36(19-17-35)28-25-11-7-6-10-24(25)26(32-33-28)20-22-8-4-3-5-9-22/h3-13,21H,14-20H2,1-2H3,(H,30,37). The molecule has 4 aromatic rings. The SMILES string of the molecule is CN(C)CCNC(=O)c1ccc(N2CCN(c3nnc(Cc4ccccc4)c4ccccc34)CC2)nc1. The maximum atomic E-state index is 12.3. The molecule has 2 aromatic carbocycles. The van der Waals surface area contributed by atoms with Crippen LogP contribution >= 0.6 is 0 Å². The van der Waals surface area contributed by atoms with Crippen molar-refractivity contribution in [2.24, 2.45) is 0 Å². The third kappa shape index (κ3) is 5.86. The van der Waals surface area contributed by atoms with E-state index < -0.39 is 0 Å². The quantitative estimate of drug-likeness (QED) is 0.402. The molecule has 1 aliphatic heterocycles. The molecule has 1 saturated heterocycles. The van der Waals surface area contributed by atoms with Gasteiger partial charge < -0.3 is 20.0 Å². The van der Waals surface area contributed by atoms with Gasteiger partial charge in [-0.15, -0.1) is 5.10 Å². The minimum absolute atomic E-state index is 0.0908. The van der Waals surface area contributed by atoms with Crippen LogP contribution in [0.2, 0.25) is 0 Å². The summed E-state index contributed by atoms with van der Waals surface area (Å²) in [7, 11) is 3.97. The normalized spacial score (nSPS) is 13.8. The lowest BCUT2D eigenvalue weighted by Crippen LogP contribution is -2.47. The summed E-state index contributed by atoms with van der Waals surface area (Å²) in [6.07, 6.45) is 2.43. The average Bonchev–Trinajstić information content (AvgIpc) is 2.94. The number of hydrogen-bond donors (Lipinski definition) is 1. The van der Waals surface area contributed by atoms with Crippen molar-refractivity contribution in [1.82, 2.24) is 25.4 Å². The molecule has 0 unspecified atom stereocenters. The van der Waals surface area contributed by atoms with Gasteiger partial charge in [0.1, 0.15) is 5.82 Å². The van der Waals surface area contributed by atoms with E-state index in [2.05, 4.69) is 78.8 Å². The van der Waals surface area contributed by atoms with E-state index in [-0.39, 0.29) is 5.91 Å². The van der Waals surface area contributed by atoms with Crippen LogP contribution in [0, 0.1) is 0 Å². The second kappa shape index (κ2) is 11.3. The van der Waals surface area contributed by atoms with Crippen LogP contribution in [-0.2, 0) is 6.42 Å². The number of pyridine rings is 1. The molecule has 1 N–H and O–H groups in total. The van der Waals surface area contributed by atoms with Crippen LogP contribution in [0.3, 0.4) is 0 Å². The van der Waals surface area contributed by atoms with Gasteiger partial charge in [0, 0.05) is 62.7 Å². The molecule has 2 aromatic heterocycles. The first-order chi connectivity index (χ1) is 18.1. The predicted molar refractivity (Wildman–Crippen MR) is 148 cm³/mol. The molecule has 5 rings (SSSR count). The fourth-order valence-electron chi connectivity index (χ4n) is 4.65. The Bertz CT molecular complexity index is 1330. The highest BCUT2D eigenvalue weighted by atomic mass is 16.1. The van der Waals surface area contributed by atoms with Crippen LogP contribution in [0.4, 0.5) is 11.6 Å². The number of likely N-dealkylation sites (N-methyl/N-ethyl adjacent to an activating group) is 1. The van der Waals surface area contributed by atoms with Crippen LogP contribution in [0.1, 0.15) is 21.6 Å². The molecule has 1 amide bonds. The third-order valence-corrected chi connectivity index (χ3v) is 6.72. The van der Waals surface area contributed by atoms with Gasteiger partial charge in [0.15, 0.2) is 5.82 Å². The largest absolute Gasteiger partial charge is 0.353 e. The van der Waals surface area contributed by atoms with E-state index in [1.165, 1.54) is 5.56 Å². The number of carbonyl (C=O) groups excluding carboxylic acids is 1. The van der Waals surface area contributed by atoms with Gasteiger partial charge in [-0.2, -0.15) is 5.10 Å². The van der Waals surface area contributed by atoms with Gasteiger partial charge in [-0.3, -0.25) is 4.79 Å². The summed E-state index contributed by atoms with van der Waals surface area (Å²) in [6.45, 7) is 4.71. The highest BCUT2D eigenvalue weighted by molar-refractivity contribution is 5.94. The van der Waals surface area contributed by atoms with Crippen molar-refractivity contribution < 1.29 is 4.79 Å². The number of hydrogen-bond acceptors (Lipinski definition) is 7. The molecular formula is C29H33N7O. The van der Waals surface area contributed by atoms with E-state index in [0.29, 0.717) is 12.1 Å². The number of anilines is 2. The van der Waals surface area contributed by atoms with E-state index in [4.69, 9.17) is 0 Å². The number of rotatable bonds is 8. The van der Waals surface area contributed by atoms with Crippen LogP contribution in [0.5, 0.6) is 0 Å². The molecule has 0 atom stereocenters. The van der Waals surface area contributed by atoms with Crippen LogP contribution in [-0.4, -0.2) is 79.4 Å². The number of nitrogens with zero attached hydrogens (tertiary/aromatic N) is 6. The van der Waals surface area contributed by atoms with Crippen molar-refractivity contribution in [2.75, 3.05) is 63.2 Å². The Hall–Kier alpha value is -4.04.